The molecule has 0 atom stereocenters. The van der Waals surface area contributed by atoms with Crippen LogP contribution in [0.4, 0.5) is 5.69 Å². The van der Waals surface area contributed by atoms with E-state index in [0.29, 0.717) is 16.9 Å². The van der Waals surface area contributed by atoms with Crippen LogP contribution < -0.4 is 10.3 Å². The molecule has 196 valence electrons. The Hall–Kier alpha value is -3.86. The summed E-state index contributed by atoms with van der Waals surface area (Å²) in [7, 11) is -2.85. The van der Waals surface area contributed by atoms with Crippen LogP contribution in [0, 0.1) is 6.92 Å². The zero-order valence-electron chi connectivity index (χ0n) is 20.1. The molecule has 0 aliphatic rings. The maximum atomic E-state index is 13.3. The van der Waals surface area contributed by atoms with Crippen molar-refractivity contribution in [2.75, 3.05) is 11.3 Å². The highest BCUT2D eigenvalue weighted by molar-refractivity contribution is 7.92. The molecule has 0 saturated heterocycles. The smallest absolute Gasteiger partial charge is 0.340 e. The summed E-state index contributed by atoms with van der Waals surface area (Å²) in [4.78, 5) is 37.6. The Bertz CT molecular complexity index is 1700. The van der Waals surface area contributed by atoms with Gasteiger partial charge in [-0.15, -0.1) is 0 Å². The minimum absolute atomic E-state index is 0.173. The highest BCUT2D eigenvalue weighted by Gasteiger charge is 2.27. The first-order chi connectivity index (χ1) is 18.0. The molecule has 3 aromatic carbocycles. The molecule has 0 spiro atoms. The predicted octanol–water partition coefficient (Wildman–Crippen LogP) is 4.63. The van der Waals surface area contributed by atoms with E-state index < -0.39 is 38.8 Å². The molecule has 38 heavy (non-hydrogen) atoms. The minimum Gasteiger partial charge on any atom is -0.454 e. The van der Waals surface area contributed by atoms with Gasteiger partial charge in [-0.2, -0.15) is 0 Å². The second-order valence-corrected chi connectivity index (χ2v) is 10.6. The quantitative estimate of drug-likeness (QED) is 0.242. The van der Waals surface area contributed by atoms with Gasteiger partial charge >= 0.3 is 5.97 Å². The number of carbonyl (C=O) groups excluding carboxylic acids is 2. The molecule has 0 fully saturated rings. The van der Waals surface area contributed by atoms with Gasteiger partial charge in [0.05, 0.1) is 27.0 Å². The zero-order chi connectivity index (χ0) is 27.6. The standard InChI is InChI=1S/C26H21Cl2N3O6S/c1-16-24(25(33)31(30(16)2)18-11-7-4-8-12-18)29-38(35,36)23-13-19(20(27)14-21(23)28)26(34)37-15-22(32)17-9-5-3-6-10-17/h3-14,29H,15H2,1-2H3. The summed E-state index contributed by atoms with van der Waals surface area (Å²) in [6.45, 7) is 0.999. The normalized spacial score (nSPS) is 11.3. The van der Waals surface area contributed by atoms with Gasteiger partial charge in [0.15, 0.2) is 12.4 Å². The lowest BCUT2D eigenvalue weighted by Crippen LogP contribution is -2.23. The fraction of sp³-hybridized carbons (Fsp3) is 0.115. The van der Waals surface area contributed by atoms with Crippen LogP contribution in [0.15, 0.2) is 82.5 Å². The van der Waals surface area contributed by atoms with Gasteiger partial charge in [-0.05, 0) is 31.2 Å². The van der Waals surface area contributed by atoms with Crippen molar-refractivity contribution in [1.82, 2.24) is 9.36 Å². The summed E-state index contributed by atoms with van der Waals surface area (Å²) in [5.74, 6) is -1.47. The van der Waals surface area contributed by atoms with E-state index in [2.05, 4.69) is 4.72 Å². The Morgan fingerprint density at radius 3 is 2.18 bits per heavy atom. The molecule has 0 radical (unpaired) electrons. The monoisotopic (exact) mass is 573 g/mol. The number of anilines is 1. The second kappa shape index (κ2) is 10.9. The number of sulfonamides is 1. The number of para-hydroxylation sites is 1. The molecular weight excluding hydrogens is 553 g/mol. The van der Waals surface area contributed by atoms with Crippen LogP contribution in [0.5, 0.6) is 0 Å². The molecule has 1 N–H and O–H groups in total. The summed E-state index contributed by atoms with van der Waals surface area (Å²) in [6.07, 6.45) is 0. The van der Waals surface area contributed by atoms with E-state index in [-0.39, 0.29) is 21.3 Å². The third-order valence-electron chi connectivity index (χ3n) is 5.75. The molecule has 0 aliphatic heterocycles. The summed E-state index contributed by atoms with van der Waals surface area (Å²) in [5, 5.41) is -0.454. The minimum atomic E-state index is -4.46. The highest BCUT2D eigenvalue weighted by atomic mass is 35.5. The van der Waals surface area contributed by atoms with E-state index >= 15 is 0 Å². The van der Waals surface area contributed by atoms with Crippen molar-refractivity contribution in [3.8, 4) is 5.69 Å². The van der Waals surface area contributed by atoms with E-state index in [4.69, 9.17) is 27.9 Å². The lowest BCUT2D eigenvalue weighted by Gasteiger charge is -2.12. The SMILES string of the molecule is Cc1c(NS(=O)(=O)c2cc(C(=O)OCC(=O)c3ccccc3)c(Cl)cc2Cl)c(=O)n(-c2ccccc2)n1C. The molecule has 0 saturated carbocycles. The Kier molecular flexibility index (Phi) is 7.77. The average Bonchev–Trinajstić information content (AvgIpc) is 3.10. The number of carbonyl (C=O) groups is 2. The van der Waals surface area contributed by atoms with Gasteiger partial charge in [0.25, 0.3) is 15.6 Å². The van der Waals surface area contributed by atoms with E-state index in [1.54, 1.807) is 74.6 Å². The van der Waals surface area contributed by atoms with E-state index in [9.17, 15) is 22.8 Å². The van der Waals surface area contributed by atoms with E-state index in [1.807, 2.05) is 0 Å². The number of nitrogens with zero attached hydrogens (tertiary/aromatic N) is 2. The van der Waals surface area contributed by atoms with Crippen LogP contribution in [0.25, 0.3) is 5.69 Å². The second-order valence-electron chi connectivity index (χ2n) is 8.17. The molecule has 4 aromatic rings. The summed E-state index contributed by atoms with van der Waals surface area (Å²) >= 11 is 12.3. The first kappa shape index (κ1) is 27.2. The van der Waals surface area contributed by atoms with Crippen molar-refractivity contribution in [2.45, 2.75) is 11.8 Å². The number of hydrogen-bond acceptors (Lipinski definition) is 6. The maximum Gasteiger partial charge on any atom is 0.340 e. The number of halogens is 2. The molecule has 4 rings (SSSR count). The Morgan fingerprint density at radius 1 is 0.947 bits per heavy atom. The van der Waals surface area contributed by atoms with E-state index in [0.717, 1.165) is 12.1 Å². The lowest BCUT2D eigenvalue weighted by molar-refractivity contribution is 0.0474. The summed E-state index contributed by atoms with van der Waals surface area (Å²) in [5.41, 5.74) is 0.0988. The molecule has 0 aliphatic carbocycles. The van der Waals surface area contributed by atoms with Crippen molar-refractivity contribution in [3.63, 3.8) is 0 Å². The number of Topliss-reactive ketones (excluding diaryl/α,β-unsaturated/α-hetero) is 1. The number of rotatable bonds is 8. The Morgan fingerprint density at radius 2 is 1.55 bits per heavy atom. The topological polar surface area (TPSA) is 116 Å². The van der Waals surface area contributed by atoms with Crippen LogP contribution in [-0.2, 0) is 21.8 Å². The first-order valence-corrected chi connectivity index (χ1v) is 13.4. The van der Waals surface area contributed by atoms with Crippen LogP contribution in [0.1, 0.15) is 26.4 Å². The number of esters is 1. The lowest BCUT2D eigenvalue weighted by atomic mass is 10.1. The predicted molar refractivity (Wildman–Crippen MR) is 144 cm³/mol. The van der Waals surface area contributed by atoms with Crippen molar-refractivity contribution in [2.24, 2.45) is 7.05 Å². The van der Waals surface area contributed by atoms with Gasteiger partial charge in [0, 0.05) is 12.6 Å². The third-order valence-corrected chi connectivity index (χ3v) is 7.88. The number of hydrogen-bond donors (Lipinski definition) is 1. The van der Waals surface area contributed by atoms with Gasteiger partial charge in [-0.1, -0.05) is 71.7 Å². The number of nitrogens with one attached hydrogen (secondary N) is 1. The number of ketones is 1. The Balaban J connectivity index is 1.63. The van der Waals surface area contributed by atoms with Gasteiger partial charge in [-0.3, -0.25) is 19.0 Å². The number of aromatic nitrogens is 2. The fourth-order valence-corrected chi connectivity index (χ4v) is 5.65. The fourth-order valence-electron chi connectivity index (χ4n) is 3.68. The number of benzene rings is 3. The Labute approximate surface area is 228 Å². The van der Waals surface area contributed by atoms with Crippen LogP contribution in [0.2, 0.25) is 10.0 Å². The van der Waals surface area contributed by atoms with Crippen LogP contribution in [0.3, 0.4) is 0 Å². The molecular formula is C26H21Cl2N3O6S. The van der Waals surface area contributed by atoms with Crippen molar-refractivity contribution in [3.05, 3.63) is 110 Å². The summed E-state index contributed by atoms with van der Waals surface area (Å²) < 4.78 is 36.8. The maximum absolute atomic E-state index is 13.3. The van der Waals surface area contributed by atoms with Crippen molar-refractivity contribution in [1.29, 1.82) is 0 Å². The van der Waals surface area contributed by atoms with Gasteiger partial charge in [0.1, 0.15) is 10.6 Å². The molecule has 1 heterocycles. The zero-order valence-corrected chi connectivity index (χ0v) is 22.5. The molecule has 1 aromatic heterocycles. The van der Waals surface area contributed by atoms with Crippen molar-refractivity contribution >= 4 is 50.7 Å². The van der Waals surface area contributed by atoms with Gasteiger partial charge in [-0.25, -0.2) is 17.9 Å². The van der Waals surface area contributed by atoms with Crippen LogP contribution >= 0.6 is 23.2 Å². The summed E-state index contributed by atoms with van der Waals surface area (Å²) in [6, 6.07) is 18.9. The number of ether oxygens (including phenoxy) is 1. The van der Waals surface area contributed by atoms with Gasteiger partial charge in [0.2, 0.25) is 0 Å². The largest absolute Gasteiger partial charge is 0.454 e. The average molecular weight is 574 g/mol. The van der Waals surface area contributed by atoms with Crippen molar-refractivity contribution < 1.29 is 22.7 Å². The first-order valence-electron chi connectivity index (χ1n) is 11.1. The molecule has 0 bridgehead atoms. The third kappa shape index (κ3) is 5.38. The van der Waals surface area contributed by atoms with Gasteiger partial charge < -0.3 is 4.74 Å². The van der Waals surface area contributed by atoms with Crippen LogP contribution in [-0.4, -0.2) is 36.1 Å². The molecule has 0 unspecified atom stereocenters. The highest BCUT2D eigenvalue weighted by Crippen LogP contribution is 2.31. The van der Waals surface area contributed by atoms with E-state index in [1.165, 1.54) is 9.36 Å². The molecule has 12 heteroatoms. The molecule has 9 nitrogen and oxygen atoms in total. The molecule has 0 amide bonds.